The van der Waals surface area contributed by atoms with E-state index in [1.54, 1.807) is 0 Å². The number of allylic oxidation sites excluding steroid dienone is 1. The highest BCUT2D eigenvalue weighted by Gasteiger charge is 2.21. The third-order valence-electron chi connectivity index (χ3n) is 11.0. The molecule has 5 heteroatoms. The SMILES string of the molecule is C1=Cc2c(n(-c3ccc(-c4nc(-c5ccccc5)nc(-c5ccccc5)n4)cc3)c3ccc(-c4ccc5c(c4)c4ccccc4n5-c4ccccc4)cc23)CC1. The molecule has 56 heavy (non-hydrogen) atoms. The minimum absolute atomic E-state index is 0.653. The van der Waals surface area contributed by atoms with Gasteiger partial charge in [-0.15, -0.1) is 0 Å². The van der Waals surface area contributed by atoms with Crippen LogP contribution in [-0.4, -0.2) is 24.1 Å². The lowest BCUT2D eigenvalue weighted by Crippen LogP contribution is -2.03. The van der Waals surface area contributed by atoms with E-state index in [2.05, 4.69) is 137 Å². The second-order valence-corrected chi connectivity index (χ2v) is 14.4. The van der Waals surface area contributed by atoms with Crippen LogP contribution in [0.15, 0.2) is 182 Å². The number of nitrogens with zero attached hydrogens (tertiary/aromatic N) is 5. The molecule has 1 aliphatic carbocycles. The monoisotopic (exact) mass is 717 g/mol. The number of hydrogen-bond donors (Lipinski definition) is 0. The summed E-state index contributed by atoms with van der Waals surface area (Å²) in [6.45, 7) is 0. The van der Waals surface area contributed by atoms with Crippen molar-refractivity contribution in [3.8, 4) is 56.7 Å². The standard InChI is InChI=1S/C51H35N5/c1-4-14-34(15-5-1)49-52-50(35-16-6-2-7-17-35)54-51(53-49)36-24-28-40(29-25-36)56-46-23-13-11-21-42(46)44-33-38(27-31-48(44)56)37-26-30-47-43(32-37)41-20-10-12-22-45(41)55(47)39-18-8-3-9-19-39/h1-12,14-22,24-33H,13,23H2. The van der Waals surface area contributed by atoms with Gasteiger partial charge in [-0.3, -0.25) is 0 Å². The molecule has 7 aromatic carbocycles. The van der Waals surface area contributed by atoms with Crippen LogP contribution in [0, 0.1) is 0 Å². The molecule has 0 atom stereocenters. The normalized spacial score (nSPS) is 12.4. The Morgan fingerprint density at radius 3 is 1.50 bits per heavy atom. The Labute approximate surface area is 324 Å². The van der Waals surface area contributed by atoms with Crippen molar-refractivity contribution in [2.45, 2.75) is 12.8 Å². The van der Waals surface area contributed by atoms with E-state index in [0.717, 1.165) is 35.2 Å². The summed E-state index contributed by atoms with van der Waals surface area (Å²) in [5.74, 6) is 1.97. The van der Waals surface area contributed by atoms with E-state index in [0.29, 0.717) is 17.5 Å². The Kier molecular flexibility index (Phi) is 7.56. The Morgan fingerprint density at radius 1 is 0.375 bits per heavy atom. The fraction of sp³-hybridized carbons (Fsp3) is 0.0392. The van der Waals surface area contributed by atoms with Crippen molar-refractivity contribution in [2.75, 3.05) is 0 Å². The van der Waals surface area contributed by atoms with Gasteiger partial charge in [0.2, 0.25) is 0 Å². The third kappa shape index (κ3) is 5.36. The molecule has 1 aliphatic rings. The van der Waals surface area contributed by atoms with Crippen LogP contribution in [0.2, 0.25) is 0 Å². The zero-order valence-electron chi connectivity index (χ0n) is 30.5. The van der Waals surface area contributed by atoms with Gasteiger partial charge in [0.25, 0.3) is 0 Å². The molecule has 0 fully saturated rings. The molecular weight excluding hydrogens is 683 g/mol. The average molecular weight is 718 g/mol. The topological polar surface area (TPSA) is 48.5 Å². The molecular formula is C51H35N5. The maximum atomic E-state index is 4.96. The molecule has 0 radical (unpaired) electrons. The van der Waals surface area contributed by atoms with Gasteiger partial charge >= 0.3 is 0 Å². The van der Waals surface area contributed by atoms with E-state index < -0.39 is 0 Å². The molecule has 11 rings (SSSR count). The first kappa shape index (κ1) is 32.1. The maximum Gasteiger partial charge on any atom is 0.164 e. The molecule has 0 amide bonds. The number of rotatable bonds is 6. The first-order valence-corrected chi connectivity index (χ1v) is 19.2. The molecule has 0 spiro atoms. The Balaban J connectivity index is 1.00. The van der Waals surface area contributed by atoms with Crippen LogP contribution in [0.4, 0.5) is 0 Å². The van der Waals surface area contributed by atoms with Crippen LogP contribution in [0.25, 0.3) is 95.5 Å². The molecule has 0 N–H and O–H groups in total. The second-order valence-electron chi connectivity index (χ2n) is 14.4. The summed E-state index contributed by atoms with van der Waals surface area (Å²) in [6.07, 6.45) is 6.62. The van der Waals surface area contributed by atoms with Gasteiger partial charge in [0.1, 0.15) is 0 Å². The number of para-hydroxylation sites is 2. The van der Waals surface area contributed by atoms with Crippen LogP contribution >= 0.6 is 0 Å². The summed E-state index contributed by atoms with van der Waals surface area (Å²) in [5.41, 5.74) is 13.9. The lowest BCUT2D eigenvalue weighted by Gasteiger charge is -2.14. The summed E-state index contributed by atoms with van der Waals surface area (Å²) < 4.78 is 4.81. The second kappa shape index (κ2) is 13.2. The first-order chi connectivity index (χ1) is 27.8. The molecule has 0 unspecified atom stereocenters. The fourth-order valence-electron chi connectivity index (χ4n) is 8.40. The van der Waals surface area contributed by atoms with Gasteiger partial charge in [0.05, 0.1) is 16.6 Å². The van der Waals surface area contributed by atoms with E-state index >= 15 is 0 Å². The highest BCUT2D eigenvalue weighted by Crippen LogP contribution is 2.39. The van der Waals surface area contributed by atoms with Gasteiger partial charge < -0.3 is 9.13 Å². The van der Waals surface area contributed by atoms with Crippen molar-refractivity contribution in [2.24, 2.45) is 0 Å². The number of benzene rings is 7. The minimum Gasteiger partial charge on any atom is -0.313 e. The van der Waals surface area contributed by atoms with Gasteiger partial charge in [-0.05, 0) is 90.7 Å². The van der Waals surface area contributed by atoms with Gasteiger partial charge in [-0.25, -0.2) is 15.0 Å². The Morgan fingerprint density at radius 2 is 0.857 bits per heavy atom. The lowest BCUT2D eigenvalue weighted by molar-refractivity contribution is 0.888. The van der Waals surface area contributed by atoms with E-state index in [9.17, 15) is 0 Å². The molecule has 5 nitrogen and oxygen atoms in total. The van der Waals surface area contributed by atoms with Crippen molar-refractivity contribution in [1.82, 2.24) is 24.1 Å². The van der Waals surface area contributed by atoms with Gasteiger partial charge in [-0.1, -0.05) is 121 Å². The lowest BCUT2D eigenvalue weighted by atomic mass is 9.98. The van der Waals surface area contributed by atoms with Gasteiger partial charge in [-0.2, -0.15) is 0 Å². The predicted molar refractivity (Wildman–Crippen MR) is 230 cm³/mol. The van der Waals surface area contributed by atoms with Crippen LogP contribution < -0.4 is 0 Å². The molecule has 3 aromatic heterocycles. The van der Waals surface area contributed by atoms with Crippen molar-refractivity contribution in [3.05, 3.63) is 193 Å². The minimum atomic E-state index is 0.653. The fourth-order valence-corrected chi connectivity index (χ4v) is 8.40. The molecule has 264 valence electrons. The zero-order chi connectivity index (χ0) is 37.0. The highest BCUT2D eigenvalue weighted by molar-refractivity contribution is 6.10. The highest BCUT2D eigenvalue weighted by atomic mass is 15.0. The molecule has 0 aliphatic heterocycles. The van der Waals surface area contributed by atoms with Crippen LogP contribution in [0.1, 0.15) is 17.7 Å². The van der Waals surface area contributed by atoms with Gasteiger partial charge in [0.15, 0.2) is 17.5 Å². The molecule has 10 aromatic rings. The summed E-state index contributed by atoms with van der Waals surface area (Å²) >= 11 is 0. The smallest absolute Gasteiger partial charge is 0.164 e. The molecule has 0 bridgehead atoms. The first-order valence-electron chi connectivity index (χ1n) is 19.2. The summed E-state index contributed by atoms with van der Waals surface area (Å²) in [6, 6.07) is 62.2. The largest absolute Gasteiger partial charge is 0.313 e. The van der Waals surface area contributed by atoms with Crippen LogP contribution in [0.3, 0.4) is 0 Å². The van der Waals surface area contributed by atoms with Crippen molar-refractivity contribution < 1.29 is 0 Å². The van der Waals surface area contributed by atoms with Crippen molar-refractivity contribution in [1.29, 1.82) is 0 Å². The Bertz CT molecular complexity index is 3050. The van der Waals surface area contributed by atoms with Crippen molar-refractivity contribution in [3.63, 3.8) is 0 Å². The van der Waals surface area contributed by atoms with Crippen LogP contribution in [0.5, 0.6) is 0 Å². The van der Waals surface area contributed by atoms with E-state index in [-0.39, 0.29) is 0 Å². The molecule has 3 heterocycles. The molecule has 0 saturated carbocycles. The van der Waals surface area contributed by atoms with Crippen LogP contribution in [-0.2, 0) is 6.42 Å². The molecule has 0 saturated heterocycles. The zero-order valence-corrected chi connectivity index (χ0v) is 30.5. The van der Waals surface area contributed by atoms with Gasteiger partial charge in [0, 0.05) is 55.5 Å². The quantitative estimate of drug-likeness (QED) is 0.172. The third-order valence-corrected chi connectivity index (χ3v) is 11.0. The summed E-state index contributed by atoms with van der Waals surface area (Å²) in [4.78, 5) is 14.8. The number of fused-ring (bicyclic) bond motifs is 6. The van der Waals surface area contributed by atoms with E-state index in [4.69, 9.17) is 15.0 Å². The number of aromatic nitrogens is 5. The Hall–Kier alpha value is -7.37. The predicted octanol–water partition coefficient (Wildman–Crippen LogP) is 12.5. The average Bonchev–Trinajstić information content (AvgIpc) is 3.79. The number of hydrogen-bond acceptors (Lipinski definition) is 3. The van der Waals surface area contributed by atoms with E-state index in [1.807, 2.05) is 60.7 Å². The van der Waals surface area contributed by atoms with E-state index in [1.165, 1.54) is 60.8 Å². The van der Waals surface area contributed by atoms with Crippen molar-refractivity contribution >= 4 is 38.8 Å². The maximum absolute atomic E-state index is 4.96. The summed E-state index contributed by atoms with van der Waals surface area (Å²) in [5, 5.41) is 3.78. The summed E-state index contributed by atoms with van der Waals surface area (Å²) in [7, 11) is 0.